The maximum atomic E-state index is 10.9. The molecule has 1 saturated carbocycles. The molecular formula is C12H15NO3. The average Bonchev–Trinajstić information content (AvgIpc) is 2.23. The number of carboxylic acids is 1. The van der Waals surface area contributed by atoms with Crippen molar-refractivity contribution in [2.75, 3.05) is 7.11 Å². The Hall–Kier alpha value is -1.58. The fourth-order valence-corrected chi connectivity index (χ4v) is 2.39. The van der Waals surface area contributed by atoms with Gasteiger partial charge in [0.05, 0.1) is 13.5 Å². The molecule has 0 aromatic carbocycles. The van der Waals surface area contributed by atoms with Gasteiger partial charge in [-0.3, -0.25) is 4.79 Å². The predicted octanol–water partition coefficient (Wildman–Crippen LogP) is 1.99. The molecule has 4 heteroatoms. The smallest absolute Gasteiger partial charge is 0.304 e. The molecule has 86 valence electrons. The van der Waals surface area contributed by atoms with Gasteiger partial charge in [-0.1, -0.05) is 12.5 Å². The molecule has 1 aliphatic carbocycles. The maximum absolute atomic E-state index is 10.9. The molecule has 0 spiro atoms. The zero-order chi connectivity index (χ0) is 11.6. The molecule has 0 aliphatic heterocycles. The fraction of sp³-hybridized carbons (Fsp3) is 0.500. The molecule has 1 aromatic heterocycles. The van der Waals surface area contributed by atoms with Crippen LogP contribution in [0.4, 0.5) is 0 Å². The van der Waals surface area contributed by atoms with Crippen LogP contribution in [-0.4, -0.2) is 23.2 Å². The van der Waals surface area contributed by atoms with Crippen molar-refractivity contribution in [2.45, 2.75) is 31.1 Å². The third-order valence-corrected chi connectivity index (χ3v) is 3.34. The van der Waals surface area contributed by atoms with E-state index in [1.807, 2.05) is 12.1 Å². The molecule has 4 nitrogen and oxygen atoms in total. The number of methoxy groups -OCH3 is 1. The lowest BCUT2D eigenvalue weighted by molar-refractivity contribution is -0.139. The van der Waals surface area contributed by atoms with Crippen LogP contribution in [0.1, 0.15) is 31.2 Å². The number of nitrogens with zero attached hydrogens (tertiary/aromatic N) is 1. The quantitative estimate of drug-likeness (QED) is 0.844. The van der Waals surface area contributed by atoms with E-state index in [4.69, 9.17) is 9.84 Å². The van der Waals surface area contributed by atoms with Gasteiger partial charge < -0.3 is 9.84 Å². The summed E-state index contributed by atoms with van der Waals surface area (Å²) in [6.45, 7) is 0. The van der Waals surface area contributed by atoms with Gasteiger partial charge in [0.25, 0.3) is 0 Å². The summed E-state index contributed by atoms with van der Waals surface area (Å²) < 4.78 is 5.20. The lowest BCUT2D eigenvalue weighted by Gasteiger charge is -2.41. The van der Waals surface area contributed by atoms with E-state index in [2.05, 4.69) is 4.98 Å². The SMILES string of the molecule is COc1ncccc1C1(CC(=O)O)CCC1. The Morgan fingerprint density at radius 2 is 2.38 bits per heavy atom. The Balaban J connectivity index is 2.36. The van der Waals surface area contributed by atoms with Gasteiger partial charge in [-0.15, -0.1) is 0 Å². The maximum Gasteiger partial charge on any atom is 0.304 e. The van der Waals surface area contributed by atoms with E-state index in [0.29, 0.717) is 5.88 Å². The minimum Gasteiger partial charge on any atom is -0.481 e. The lowest BCUT2D eigenvalue weighted by Crippen LogP contribution is -2.37. The first kappa shape index (κ1) is 10.9. The number of rotatable bonds is 4. The average molecular weight is 221 g/mol. The molecule has 0 bridgehead atoms. The molecule has 0 atom stereocenters. The number of carbonyl (C=O) groups is 1. The number of aliphatic carboxylic acids is 1. The van der Waals surface area contributed by atoms with Crippen LogP contribution in [0.3, 0.4) is 0 Å². The van der Waals surface area contributed by atoms with Gasteiger partial charge in [0, 0.05) is 17.2 Å². The van der Waals surface area contributed by atoms with Gasteiger partial charge in [-0.2, -0.15) is 0 Å². The van der Waals surface area contributed by atoms with E-state index in [1.54, 1.807) is 13.3 Å². The summed E-state index contributed by atoms with van der Waals surface area (Å²) in [5.41, 5.74) is 0.678. The number of pyridine rings is 1. The van der Waals surface area contributed by atoms with Crippen LogP contribution in [-0.2, 0) is 10.2 Å². The molecule has 1 fully saturated rings. The van der Waals surface area contributed by atoms with Gasteiger partial charge in [-0.25, -0.2) is 4.98 Å². The highest BCUT2D eigenvalue weighted by molar-refractivity contribution is 5.69. The van der Waals surface area contributed by atoms with Crippen molar-refractivity contribution in [2.24, 2.45) is 0 Å². The topological polar surface area (TPSA) is 59.4 Å². The lowest BCUT2D eigenvalue weighted by atomic mass is 9.63. The van der Waals surface area contributed by atoms with Crippen molar-refractivity contribution < 1.29 is 14.6 Å². The largest absolute Gasteiger partial charge is 0.481 e. The minimum atomic E-state index is -0.759. The van der Waals surface area contributed by atoms with E-state index in [0.717, 1.165) is 24.8 Å². The Morgan fingerprint density at radius 1 is 1.62 bits per heavy atom. The van der Waals surface area contributed by atoms with Gasteiger partial charge in [0.2, 0.25) is 5.88 Å². The molecule has 0 saturated heterocycles. The van der Waals surface area contributed by atoms with Gasteiger partial charge >= 0.3 is 5.97 Å². The van der Waals surface area contributed by atoms with Crippen LogP contribution in [0.5, 0.6) is 5.88 Å². The van der Waals surface area contributed by atoms with Crippen molar-refractivity contribution in [3.8, 4) is 5.88 Å². The van der Waals surface area contributed by atoms with Crippen molar-refractivity contribution in [3.05, 3.63) is 23.9 Å². The first-order chi connectivity index (χ1) is 7.68. The van der Waals surface area contributed by atoms with Crippen LogP contribution in [0, 0.1) is 0 Å². The number of ether oxygens (including phenoxy) is 1. The third kappa shape index (κ3) is 1.75. The van der Waals surface area contributed by atoms with Crippen molar-refractivity contribution in [1.82, 2.24) is 4.98 Å². The van der Waals surface area contributed by atoms with Crippen LogP contribution >= 0.6 is 0 Å². The zero-order valence-corrected chi connectivity index (χ0v) is 9.27. The van der Waals surface area contributed by atoms with Crippen LogP contribution < -0.4 is 4.74 Å². The molecule has 0 amide bonds. The summed E-state index contributed by atoms with van der Waals surface area (Å²) in [4.78, 5) is 15.1. The molecule has 1 heterocycles. The summed E-state index contributed by atoms with van der Waals surface area (Å²) in [7, 11) is 1.57. The normalized spacial score (nSPS) is 17.6. The second-order valence-electron chi connectivity index (χ2n) is 4.26. The number of hydrogen-bond donors (Lipinski definition) is 1. The van der Waals surface area contributed by atoms with E-state index < -0.39 is 5.97 Å². The summed E-state index contributed by atoms with van der Waals surface area (Å²) >= 11 is 0. The first-order valence-corrected chi connectivity index (χ1v) is 5.39. The van der Waals surface area contributed by atoms with Gasteiger partial charge in [0.1, 0.15) is 0 Å². The monoisotopic (exact) mass is 221 g/mol. The molecule has 16 heavy (non-hydrogen) atoms. The Bertz CT molecular complexity index is 399. The van der Waals surface area contributed by atoms with E-state index in [-0.39, 0.29) is 11.8 Å². The molecule has 0 radical (unpaired) electrons. The zero-order valence-electron chi connectivity index (χ0n) is 9.27. The molecule has 1 N–H and O–H groups in total. The van der Waals surface area contributed by atoms with Crippen molar-refractivity contribution in [3.63, 3.8) is 0 Å². The number of aromatic nitrogens is 1. The minimum absolute atomic E-state index is 0.162. The molecule has 1 aliphatic rings. The number of carboxylic acid groups (broad SMARTS) is 1. The van der Waals surface area contributed by atoms with E-state index in [9.17, 15) is 4.79 Å². The standard InChI is InChI=1S/C12H15NO3/c1-16-11-9(4-2-7-13-11)12(5-3-6-12)8-10(14)15/h2,4,7H,3,5-6,8H2,1H3,(H,14,15). The fourth-order valence-electron chi connectivity index (χ4n) is 2.39. The Kier molecular flexibility index (Phi) is 2.81. The van der Waals surface area contributed by atoms with Gasteiger partial charge in [0.15, 0.2) is 0 Å². The van der Waals surface area contributed by atoms with E-state index >= 15 is 0 Å². The van der Waals surface area contributed by atoms with Crippen LogP contribution in [0.15, 0.2) is 18.3 Å². The highest BCUT2D eigenvalue weighted by Crippen LogP contribution is 2.48. The number of hydrogen-bond acceptors (Lipinski definition) is 3. The summed E-state index contributed by atoms with van der Waals surface area (Å²) in [6, 6.07) is 3.76. The summed E-state index contributed by atoms with van der Waals surface area (Å²) in [5, 5.41) is 8.98. The Labute approximate surface area is 94.3 Å². The van der Waals surface area contributed by atoms with Crippen molar-refractivity contribution >= 4 is 5.97 Å². The summed E-state index contributed by atoms with van der Waals surface area (Å²) in [5.74, 6) is -0.200. The molecule has 0 unspecified atom stereocenters. The summed E-state index contributed by atoms with van der Waals surface area (Å²) in [6.07, 6.45) is 4.71. The highest BCUT2D eigenvalue weighted by atomic mass is 16.5. The molecular weight excluding hydrogens is 206 g/mol. The second kappa shape index (κ2) is 4.12. The second-order valence-corrected chi connectivity index (χ2v) is 4.26. The molecule has 1 aromatic rings. The van der Waals surface area contributed by atoms with Crippen LogP contribution in [0.25, 0.3) is 0 Å². The van der Waals surface area contributed by atoms with Crippen LogP contribution in [0.2, 0.25) is 0 Å². The van der Waals surface area contributed by atoms with E-state index in [1.165, 1.54) is 0 Å². The van der Waals surface area contributed by atoms with Gasteiger partial charge in [-0.05, 0) is 18.9 Å². The Morgan fingerprint density at radius 3 is 2.88 bits per heavy atom. The molecule has 2 rings (SSSR count). The van der Waals surface area contributed by atoms with Crippen molar-refractivity contribution in [1.29, 1.82) is 0 Å². The highest BCUT2D eigenvalue weighted by Gasteiger charge is 2.42. The predicted molar refractivity (Wildman–Crippen MR) is 58.6 cm³/mol. The third-order valence-electron chi connectivity index (χ3n) is 3.34. The first-order valence-electron chi connectivity index (χ1n) is 5.39.